The number of carbonyl (C=O) groups excluding carboxylic acids is 1. The number of thioether (sulfide) groups is 1. The van der Waals surface area contributed by atoms with Crippen molar-refractivity contribution in [3.63, 3.8) is 0 Å². The molecule has 0 fully saturated rings. The molecule has 6 heteroatoms. The maximum absolute atomic E-state index is 12.8. The summed E-state index contributed by atoms with van der Waals surface area (Å²) >= 11 is 3.31. The third kappa shape index (κ3) is 3.86. The van der Waals surface area contributed by atoms with Crippen LogP contribution in [0.25, 0.3) is 10.2 Å². The van der Waals surface area contributed by atoms with Crippen LogP contribution >= 0.6 is 23.1 Å². The van der Waals surface area contributed by atoms with Gasteiger partial charge < -0.3 is 9.30 Å². The average Bonchev–Trinajstić information content (AvgIpc) is 2.95. The Morgan fingerprint density at radius 1 is 1.23 bits per heavy atom. The summed E-state index contributed by atoms with van der Waals surface area (Å²) in [4.78, 5) is 18.0. The number of hydrogen-bond donors (Lipinski definition) is 0. The third-order valence-corrected chi connectivity index (χ3v) is 5.87. The summed E-state index contributed by atoms with van der Waals surface area (Å²) in [7, 11) is 1.66. The van der Waals surface area contributed by atoms with Gasteiger partial charge >= 0.3 is 0 Å². The fourth-order valence-electron chi connectivity index (χ4n) is 2.86. The predicted molar refractivity (Wildman–Crippen MR) is 111 cm³/mol. The van der Waals surface area contributed by atoms with Gasteiger partial charge in [0.05, 0.1) is 17.3 Å². The molecule has 0 saturated carbocycles. The second-order valence-electron chi connectivity index (χ2n) is 6.10. The Balaban J connectivity index is 2.12. The van der Waals surface area contributed by atoms with E-state index in [1.165, 1.54) is 11.3 Å². The SMILES string of the molecule is COc1ccc2sc(=NC(=O)c3ccc(C)cc3C)n(CCSC)c2c1. The molecular formula is C20H22N2O2S2. The van der Waals surface area contributed by atoms with Crippen molar-refractivity contribution in [1.82, 2.24) is 4.57 Å². The van der Waals surface area contributed by atoms with Gasteiger partial charge in [0.1, 0.15) is 5.75 Å². The van der Waals surface area contributed by atoms with E-state index in [-0.39, 0.29) is 5.91 Å². The number of methoxy groups -OCH3 is 1. The smallest absolute Gasteiger partial charge is 0.279 e. The number of rotatable bonds is 5. The lowest BCUT2D eigenvalue weighted by Gasteiger charge is -2.06. The van der Waals surface area contributed by atoms with Crippen molar-refractivity contribution >= 4 is 39.2 Å². The molecule has 1 heterocycles. The quantitative estimate of drug-likeness (QED) is 0.651. The van der Waals surface area contributed by atoms with Crippen LogP contribution in [0.1, 0.15) is 21.5 Å². The highest BCUT2D eigenvalue weighted by molar-refractivity contribution is 7.98. The molecule has 0 aliphatic carbocycles. The number of aryl methyl sites for hydroxylation is 3. The van der Waals surface area contributed by atoms with Crippen LogP contribution in [0.3, 0.4) is 0 Å². The molecule has 0 atom stereocenters. The molecule has 0 aliphatic rings. The van der Waals surface area contributed by atoms with Gasteiger partial charge in [0.25, 0.3) is 5.91 Å². The molecular weight excluding hydrogens is 364 g/mol. The highest BCUT2D eigenvalue weighted by Gasteiger charge is 2.12. The van der Waals surface area contributed by atoms with Crippen molar-refractivity contribution in [2.24, 2.45) is 4.99 Å². The molecule has 26 heavy (non-hydrogen) atoms. The molecule has 1 aromatic heterocycles. The molecule has 0 N–H and O–H groups in total. The number of carbonyl (C=O) groups is 1. The summed E-state index contributed by atoms with van der Waals surface area (Å²) in [6.45, 7) is 4.77. The summed E-state index contributed by atoms with van der Waals surface area (Å²) in [5.41, 5.74) is 3.80. The van der Waals surface area contributed by atoms with Gasteiger partial charge in [-0.3, -0.25) is 4.79 Å². The van der Waals surface area contributed by atoms with E-state index in [9.17, 15) is 4.79 Å². The van der Waals surface area contributed by atoms with E-state index in [1.54, 1.807) is 18.9 Å². The number of benzene rings is 2. The highest BCUT2D eigenvalue weighted by atomic mass is 32.2. The Morgan fingerprint density at radius 3 is 2.73 bits per heavy atom. The molecule has 3 rings (SSSR count). The van der Waals surface area contributed by atoms with Crippen LogP contribution in [0, 0.1) is 13.8 Å². The summed E-state index contributed by atoms with van der Waals surface area (Å²) < 4.78 is 8.56. The molecule has 0 bridgehead atoms. The maximum Gasteiger partial charge on any atom is 0.279 e. The van der Waals surface area contributed by atoms with Crippen molar-refractivity contribution in [2.75, 3.05) is 19.1 Å². The van der Waals surface area contributed by atoms with E-state index in [0.717, 1.165) is 44.2 Å². The van der Waals surface area contributed by atoms with Gasteiger partial charge in [0, 0.05) is 23.9 Å². The topological polar surface area (TPSA) is 43.6 Å². The predicted octanol–water partition coefficient (Wildman–Crippen LogP) is 4.43. The fourth-order valence-corrected chi connectivity index (χ4v) is 4.26. The second-order valence-corrected chi connectivity index (χ2v) is 8.09. The van der Waals surface area contributed by atoms with E-state index in [2.05, 4.69) is 15.8 Å². The lowest BCUT2D eigenvalue weighted by molar-refractivity contribution is 0.0997. The molecule has 4 nitrogen and oxygen atoms in total. The zero-order valence-electron chi connectivity index (χ0n) is 15.4. The fraction of sp³-hybridized carbons (Fsp3) is 0.300. The van der Waals surface area contributed by atoms with Gasteiger partial charge in [-0.25, -0.2) is 0 Å². The summed E-state index contributed by atoms with van der Waals surface area (Å²) in [5, 5.41) is 0. The van der Waals surface area contributed by atoms with Crippen molar-refractivity contribution in [3.05, 3.63) is 57.9 Å². The Hall–Kier alpha value is -2.05. The lowest BCUT2D eigenvalue weighted by atomic mass is 10.1. The zero-order chi connectivity index (χ0) is 18.7. The number of hydrogen-bond acceptors (Lipinski definition) is 4. The maximum atomic E-state index is 12.8. The molecule has 0 spiro atoms. The monoisotopic (exact) mass is 386 g/mol. The van der Waals surface area contributed by atoms with Crippen molar-refractivity contribution < 1.29 is 9.53 Å². The standard InChI is InChI=1S/C20H22N2O2S2/c1-13-5-7-16(14(2)11-13)19(23)21-20-22(9-10-25-4)17-12-15(24-3)6-8-18(17)26-20/h5-8,11-12H,9-10H2,1-4H3. The third-order valence-electron chi connectivity index (χ3n) is 4.22. The molecule has 0 saturated heterocycles. The van der Waals surface area contributed by atoms with Crippen LogP contribution in [-0.2, 0) is 6.54 Å². The van der Waals surface area contributed by atoms with E-state index in [1.807, 2.05) is 50.2 Å². The van der Waals surface area contributed by atoms with Crippen LogP contribution in [0.2, 0.25) is 0 Å². The van der Waals surface area contributed by atoms with Gasteiger partial charge in [0.2, 0.25) is 0 Å². The first kappa shape index (κ1) is 18.7. The Kier molecular flexibility index (Phi) is 5.84. The lowest BCUT2D eigenvalue weighted by Crippen LogP contribution is -2.18. The minimum atomic E-state index is -0.195. The van der Waals surface area contributed by atoms with Crippen LogP contribution in [-0.4, -0.2) is 29.6 Å². The van der Waals surface area contributed by atoms with E-state index < -0.39 is 0 Å². The van der Waals surface area contributed by atoms with Gasteiger partial charge in [-0.15, -0.1) is 0 Å². The molecule has 0 radical (unpaired) electrons. The molecule has 0 aliphatic heterocycles. The first-order chi connectivity index (χ1) is 12.5. The molecule has 3 aromatic rings. The summed E-state index contributed by atoms with van der Waals surface area (Å²) in [6.07, 6.45) is 2.08. The van der Waals surface area contributed by atoms with E-state index in [4.69, 9.17) is 4.74 Å². The highest BCUT2D eigenvalue weighted by Crippen LogP contribution is 2.23. The van der Waals surface area contributed by atoms with Crippen molar-refractivity contribution in [3.8, 4) is 5.75 Å². The van der Waals surface area contributed by atoms with Gasteiger partial charge in [0.15, 0.2) is 4.80 Å². The van der Waals surface area contributed by atoms with E-state index in [0.29, 0.717) is 5.56 Å². The number of nitrogens with zero attached hydrogens (tertiary/aromatic N) is 2. The minimum Gasteiger partial charge on any atom is -0.497 e. The number of fused-ring (bicyclic) bond motifs is 1. The van der Waals surface area contributed by atoms with Gasteiger partial charge in [-0.1, -0.05) is 29.0 Å². The van der Waals surface area contributed by atoms with E-state index >= 15 is 0 Å². The Morgan fingerprint density at radius 2 is 2.04 bits per heavy atom. The average molecular weight is 387 g/mol. The first-order valence-corrected chi connectivity index (χ1v) is 10.6. The van der Waals surface area contributed by atoms with Crippen LogP contribution < -0.4 is 9.54 Å². The van der Waals surface area contributed by atoms with Crippen LogP contribution in [0.4, 0.5) is 0 Å². The summed E-state index contributed by atoms with van der Waals surface area (Å²) in [5.74, 6) is 1.56. The Labute approximate surface area is 161 Å². The van der Waals surface area contributed by atoms with Crippen LogP contribution in [0.15, 0.2) is 41.4 Å². The largest absolute Gasteiger partial charge is 0.497 e. The normalized spacial score (nSPS) is 11.9. The molecule has 136 valence electrons. The number of ether oxygens (including phenoxy) is 1. The molecule has 0 unspecified atom stereocenters. The Bertz CT molecular complexity index is 1020. The van der Waals surface area contributed by atoms with Gasteiger partial charge in [-0.2, -0.15) is 16.8 Å². The molecule has 1 amide bonds. The number of amides is 1. The molecule has 2 aromatic carbocycles. The summed E-state index contributed by atoms with van der Waals surface area (Å²) in [6, 6.07) is 11.8. The minimum absolute atomic E-state index is 0.195. The van der Waals surface area contributed by atoms with Crippen molar-refractivity contribution in [1.29, 1.82) is 0 Å². The zero-order valence-corrected chi connectivity index (χ0v) is 17.0. The number of thiazole rings is 1. The number of aromatic nitrogens is 1. The second kappa shape index (κ2) is 8.10. The van der Waals surface area contributed by atoms with Crippen molar-refractivity contribution in [2.45, 2.75) is 20.4 Å². The van der Waals surface area contributed by atoms with Gasteiger partial charge in [-0.05, 0) is 43.9 Å². The van der Waals surface area contributed by atoms with Crippen LogP contribution in [0.5, 0.6) is 5.75 Å². The first-order valence-electron chi connectivity index (χ1n) is 8.36.